The molecule has 0 spiro atoms. The summed E-state index contributed by atoms with van der Waals surface area (Å²) in [6, 6.07) is 7.78. The monoisotopic (exact) mass is 367 g/mol. The number of hydrogen-bond donors (Lipinski definition) is 2. The molecule has 1 atom stereocenters. The lowest BCUT2D eigenvalue weighted by molar-refractivity contribution is 0.0388. The van der Waals surface area contributed by atoms with Crippen molar-refractivity contribution in [3.8, 4) is 0 Å². The lowest BCUT2D eigenvalue weighted by Crippen LogP contribution is -2.39. The first-order valence-corrected chi connectivity index (χ1v) is 7.55. The summed E-state index contributed by atoms with van der Waals surface area (Å²) in [7, 11) is 0. The van der Waals surface area contributed by atoms with Gasteiger partial charge in [0.25, 0.3) is 0 Å². The van der Waals surface area contributed by atoms with E-state index in [1.165, 1.54) is 0 Å². The number of aromatic nitrogens is 2. The second kappa shape index (κ2) is 6.05. The molecule has 2 aromatic rings. The minimum absolute atomic E-state index is 0.0437. The molecule has 0 saturated carbocycles. The van der Waals surface area contributed by atoms with Crippen LogP contribution in [0, 0.1) is 5.82 Å². The van der Waals surface area contributed by atoms with Crippen LogP contribution in [0.1, 0.15) is 11.7 Å². The molecule has 0 amide bonds. The second-order valence-corrected chi connectivity index (χ2v) is 5.79. The zero-order valence-corrected chi connectivity index (χ0v) is 13.3. The molecular formula is C14H15BrFN5O. The predicted octanol–water partition coefficient (Wildman–Crippen LogP) is 2.12. The van der Waals surface area contributed by atoms with Crippen molar-refractivity contribution in [3.63, 3.8) is 0 Å². The Balaban J connectivity index is 1.89. The molecule has 1 aliphatic rings. The first-order chi connectivity index (χ1) is 10.6. The molecule has 1 aliphatic heterocycles. The molecule has 6 nitrogen and oxygen atoms in total. The van der Waals surface area contributed by atoms with Crippen molar-refractivity contribution in [2.45, 2.75) is 6.10 Å². The molecule has 0 aliphatic carbocycles. The predicted molar refractivity (Wildman–Crippen MR) is 85.9 cm³/mol. The Hall–Kier alpha value is -1.93. The van der Waals surface area contributed by atoms with E-state index in [0.29, 0.717) is 19.7 Å². The van der Waals surface area contributed by atoms with Crippen LogP contribution >= 0.6 is 15.9 Å². The van der Waals surface area contributed by atoms with E-state index < -0.39 is 5.82 Å². The van der Waals surface area contributed by atoms with E-state index >= 15 is 0 Å². The van der Waals surface area contributed by atoms with Crippen molar-refractivity contribution in [1.29, 1.82) is 0 Å². The van der Waals surface area contributed by atoms with Gasteiger partial charge in [0.1, 0.15) is 6.10 Å². The maximum atomic E-state index is 14.2. The van der Waals surface area contributed by atoms with Gasteiger partial charge < -0.3 is 21.1 Å². The number of nitrogen functional groups attached to an aromatic ring is 2. The van der Waals surface area contributed by atoms with Gasteiger partial charge in [-0.1, -0.05) is 34.1 Å². The molecule has 3 rings (SSSR count). The number of nitrogens with two attached hydrogens (primary N) is 2. The number of hydrogen-bond acceptors (Lipinski definition) is 6. The van der Waals surface area contributed by atoms with Crippen LogP contribution in [0.15, 0.2) is 28.7 Å². The minimum atomic E-state index is -0.651. The van der Waals surface area contributed by atoms with Crippen molar-refractivity contribution in [2.24, 2.45) is 0 Å². The zero-order chi connectivity index (χ0) is 15.7. The normalized spacial score (nSPS) is 18.5. The van der Waals surface area contributed by atoms with E-state index in [1.807, 2.05) is 24.3 Å². The third-order valence-corrected chi connectivity index (χ3v) is 4.22. The maximum Gasteiger partial charge on any atom is 0.224 e. The van der Waals surface area contributed by atoms with Crippen LogP contribution in [0.4, 0.5) is 22.0 Å². The van der Waals surface area contributed by atoms with E-state index in [4.69, 9.17) is 16.2 Å². The third kappa shape index (κ3) is 2.84. The van der Waals surface area contributed by atoms with Crippen LogP contribution in [-0.2, 0) is 4.74 Å². The first-order valence-electron chi connectivity index (χ1n) is 6.75. The smallest absolute Gasteiger partial charge is 0.224 e. The summed E-state index contributed by atoms with van der Waals surface area (Å²) in [6.07, 6.45) is -0.193. The van der Waals surface area contributed by atoms with E-state index in [1.54, 1.807) is 4.90 Å². The van der Waals surface area contributed by atoms with Crippen molar-refractivity contribution in [2.75, 3.05) is 36.1 Å². The highest BCUT2D eigenvalue weighted by Gasteiger charge is 2.27. The highest BCUT2D eigenvalue weighted by Crippen LogP contribution is 2.31. The van der Waals surface area contributed by atoms with Gasteiger partial charge in [-0.2, -0.15) is 14.4 Å². The number of nitrogens with zero attached hydrogens (tertiary/aromatic N) is 3. The van der Waals surface area contributed by atoms with Crippen molar-refractivity contribution < 1.29 is 9.13 Å². The Morgan fingerprint density at radius 1 is 1.27 bits per heavy atom. The topological polar surface area (TPSA) is 90.3 Å². The Labute approximate surface area is 135 Å². The van der Waals surface area contributed by atoms with Crippen LogP contribution in [-0.4, -0.2) is 29.7 Å². The summed E-state index contributed by atoms with van der Waals surface area (Å²) < 4.78 is 20.9. The molecule has 0 unspecified atom stereocenters. The van der Waals surface area contributed by atoms with E-state index in [2.05, 4.69) is 25.9 Å². The zero-order valence-electron chi connectivity index (χ0n) is 11.7. The van der Waals surface area contributed by atoms with E-state index in [-0.39, 0.29) is 23.7 Å². The van der Waals surface area contributed by atoms with Crippen LogP contribution in [0.5, 0.6) is 0 Å². The standard InChI is InChI=1S/C14H15BrFN5O/c15-9-4-2-1-3-8(9)10-7-21(5-6-22-10)13-11(16)12(17)19-14(18)20-13/h1-4,10H,5-7H2,(H4,17,18,19,20)/t10-/m0/s1. The Kier molecular flexibility index (Phi) is 4.12. The molecule has 4 N–H and O–H groups in total. The van der Waals surface area contributed by atoms with Crippen molar-refractivity contribution in [3.05, 3.63) is 40.1 Å². The molecule has 116 valence electrons. The van der Waals surface area contributed by atoms with Crippen LogP contribution < -0.4 is 16.4 Å². The molecular weight excluding hydrogens is 353 g/mol. The largest absolute Gasteiger partial charge is 0.381 e. The fourth-order valence-corrected chi connectivity index (χ4v) is 2.99. The average molecular weight is 368 g/mol. The molecule has 1 fully saturated rings. The van der Waals surface area contributed by atoms with Gasteiger partial charge in [0.15, 0.2) is 11.6 Å². The molecule has 0 bridgehead atoms. The van der Waals surface area contributed by atoms with Gasteiger partial charge >= 0.3 is 0 Å². The number of halogens is 2. The van der Waals surface area contributed by atoms with Gasteiger partial charge in [-0.05, 0) is 11.6 Å². The number of benzene rings is 1. The molecule has 8 heteroatoms. The Bertz CT molecular complexity index is 699. The summed E-state index contributed by atoms with van der Waals surface area (Å²) >= 11 is 3.51. The van der Waals surface area contributed by atoms with Gasteiger partial charge in [-0.3, -0.25) is 0 Å². The molecule has 22 heavy (non-hydrogen) atoms. The maximum absolute atomic E-state index is 14.2. The second-order valence-electron chi connectivity index (χ2n) is 4.93. The SMILES string of the molecule is Nc1nc(N)c(F)c(N2CCO[C@H](c3ccccc3Br)C2)n1. The Morgan fingerprint density at radius 3 is 2.82 bits per heavy atom. The summed E-state index contributed by atoms with van der Waals surface area (Å²) in [5, 5.41) is 0. The molecule has 0 radical (unpaired) electrons. The van der Waals surface area contributed by atoms with Gasteiger partial charge in [-0.15, -0.1) is 0 Å². The number of rotatable bonds is 2. The summed E-state index contributed by atoms with van der Waals surface area (Å²) in [5.41, 5.74) is 12.1. The third-order valence-electron chi connectivity index (χ3n) is 3.49. The number of morpholine rings is 1. The quantitative estimate of drug-likeness (QED) is 0.844. The molecule has 2 heterocycles. The van der Waals surface area contributed by atoms with Gasteiger partial charge in [0.05, 0.1) is 13.2 Å². The highest BCUT2D eigenvalue weighted by molar-refractivity contribution is 9.10. The molecule has 1 aromatic heterocycles. The van der Waals surface area contributed by atoms with Crippen molar-refractivity contribution in [1.82, 2.24) is 9.97 Å². The minimum Gasteiger partial charge on any atom is -0.381 e. The van der Waals surface area contributed by atoms with Gasteiger partial charge in [0, 0.05) is 11.0 Å². The lowest BCUT2D eigenvalue weighted by Gasteiger charge is -2.34. The fourth-order valence-electron chi connectivity index (χ4n) is 2.45. The van der Waals surface area contributed by atoms with E-state index in [0.717, 1.165) is 10.0 Å². The van der Waals surface area contributed by atoms with E-state index in [9.17, 15) is 4.39 Å². The molecule has 1 aromatic carbocycles. The summed E-state index contributed by atoms with van der Waals surface area (Å²) in [5.74, 6) is -0.823. The van der Waals surface area contributed by atoms with Crippen LogP contribution in [0.25, 0.3) is 0 Å². The lowest BCUT2D eigenvalue weighted by atomic mass is 10.1. The Morgan fingerprint density at radius 2 is 2.05 bits per heavy atom. The number of ether oxygens (including phenoxy) is 1. The first kappa shape index (κ1) is 15.0. The van der Waals surface area contributed by atoms with Crippen molar-refractivity contribution >= 4 is 33.5 Å². The van der Waals surface area contributed by atoms with Crippen LogP contribution in [0.2, 0.25) is 0 Å². The van der Waals surface area contributed by atoms with Crippen LogP contribution in [0.3, 0.4) is 0 Å². The number of anilines is 3. The fraction of sp³-hybridized carbons (Fsp3) is 0.286. The highest BCUT2D eigenvalue weighted by atomic mass is 79.9. The average Bonchev–Trinajstić information content (AvgIpc) is 2.51. The van der Waals surface area contributed by atoms with Gasteiger partial charge in [-0.25, -0.2) is 0 Å². The summed E-state index contributed by atoms with van der Waals surface area (Å²) in [4.78, 5) is 9.38. The molecule has 1 saturated heterocycles. The van der Waals surface area contributed by atoms with Gasteiger partial charge in [0.2, 0.25) is 11.8 Å². The summed E-state index contributed by atoms with van der Waals surface area (Å²) in [6.45, 7) is 1.42.